The molecular weight excluding hydrogens is 376 g/mol. The SMILES string of the molecule is CC(C)Cc1ccc([C@@H](C)NC(=O)COC(=O)CCc2c[nH]c3ccccc23)cc1. The van der Waals surface area contributed by atoms with E-state index in [0.717, 1.165) is 28.5 Å². The standard InChI is InChI=1S/C25H30N2O3/c1-17(2)14-19-8-10-20(11-9-19)18(3)27-24(28)16-30-25(29)13-12-21-15-26-23-7-5-4-6-22(21)23/h4-11,15,17-18,26H,12-14,16H2,1-3H3,(H,27,28)/t18-/m1/s1. The Morgan fingerprint density at radius 1 is 1.03 bits per heavy atom. The third-order valence-corrected chi connectivity index (χ3v) is 5.14. The van der Waals surface area contributed by atoms with Crippen LogP contribution in [0.5, 0.6) is 0 Å². The average molecular weight is 407 g/mol. The number of aromatic amines is 1. The van der Waals surface area contributed by atoms with Gasteiger partial charge in [0.1, 0.15) is 0 Å². The number of benzene rings is 2. The van der Waals surface area contributed by atoms with Gasteiger partial charge < -0.3 is 15.0 Å². The number of carbonyl (C=O) groups is 2. The van der Waals surface area contributed by atoms with Gasteiger partial charge in [-0.2, -0.15) is 0 Å². The highest BCUT2D eigenvalue weighted by Crippen LogP contribution is 2.19. The maximum Gasteiger partial charge on any atom is 0.306 e. The molecular formula is C25H30N2O3. The molecule has 0 bridgehead atoms. The van der Waals surface area contributed by atoms with Crippen LogP contribution in [0.4, 0.5) is 0 Å². The largest absolute Gasteiger partial charge is 0.456 e. The van der Waals surface area contributed by atoms with Gasteiger partial charge >= 0.3 is 5.97 Å². The van der Waals surface area contributed by atoms with Crippen LogP contribution in [-0.4, -0.2) is 23.5 Å². The molecule has 2 N–H and O–H groups in total. The van der Waals surface area contributed by atoms with Gasteiger partial charge in [-0.3, -0.25) is 9.59 Å². The maximum atomic E-state index is 12.2. The highest BCUT2D eigenvalue weighted by Gasteiger charge is 2.13. The predicted octanol–water partition coefficient (Wildman–Crippen LogP) is 4.72. The number of aromatic nitrogens is 1. The maximum absolute atomic E-state index is 12.2. The van der Waals surface area contributed by atoms with Gasteiger partial charge in [-0.25, -0.2) is 0 Å². The molecule has 1 amide bonds. The van der Waals surface area contributed by atoms with E-state index in [4.69, 9.17) is 4.74 Å². The molecule has 1 aromatic heterocycles. The van der Waals surface area contributed by atoms with Crippen molar-refractivity contribution in [2.75, 3.05) is 6.61 Å². The molecule has 0 aliphatic rings. The second kappa shape index (κ2) is 10.1. The monoisotopic (exact) mass is 406 g/mol. The molecule has 0 aliphatic heterocycles. The average Bonchev–Trinajstić information content (AvgIpc) is 3.14. The number of ether oxygens (including phenoxy) is 1. The lowest BCUT2D eigenvalue weighted by Crippen LogP contribution is -2.31. The Morgan fingerprint density at radius 2 is 1.77 bits per heavy atom. The van der Waals surface area contributed by atoms with E-state index in [1.165, 1.54) is 5.56 Å². The molecule has 3 rings (SSSR count). The summed E-state index contributed by atoms with van der Waals surface area (Å²) >= 11 is 0. The number of carbonyl (C=O) groups excluding carboxylic acids is 2. The zero-order valence-corrected chi connectivity index (χ0v) is 17.9. The zero-order chi connectivity index (χ0) is 21.5. The lowest BCUT2D eigenvalue weighted by atomic mass is 10.00. The van der Waals surface area contributed by atoms with Gasteiger partial charge in [0.15, 0.2) is 6.61 Å². The lowest BCUT2D eigenvalue weighted by Gasteiger charge is -2.15. The molecule has 1 atom stereocenters. The smallest absolute Gasteiger partial charge is 0.306 e. The third-order valence-electron chi connectivity index (χ3n) is 5.14. The summed E-state index contributed by atoms with van der Waals surface area (Å²) in [4.78, 5) is 27.4. The van der Waals surface area contributed by atoms with E-state index in [9.17, 15) is 9.59 Å². The van der Waals surface area contributed by atoms with E-state index in [1.54, 1.807) is 0 Å². The van der Waals surface area contributed by atoms with Crippen LogP contribution < -0.4 is 5.32 Å². The van der Waals surface area contributed by atoms with Crippen LogP contribution in [-0.2, 0) is 27.2 Å². The number of hydrogen-bond donors (Lipinski definition) is 2. The first-order chi connectivity index (χ1) is 14.4. The fourth-order valence-corrected chi connectivity index (χ4v) is 3.57. The number of amides is 1. The van der Waals surface area contributed by atoms with Crippen LogP contribution in [0.15, 0.2) is 54.7 Å². The minimum Gasteiger partial charge on any atom is -0.456 e. The van der Waals surface area contributed by atoms with Gasteiger partial charge in [0.2, 0.25) is 0 Å². The van der Waals surface area contributed by atoms with Crippen molar-refractivity contribution in [2.45, 2.75) is 46.1 Å². The summed E-state index contributed by atoms with van der Waals surface area (Å²) in [6.45, 7) is 6.05. The predicted molar refractivity (Wildman–Crippen MR) is 119 cm³/mol. The molecule has 158 valence electrons. The topological polar surface area (TPSA) is 71.2 Å². The molecule has 2 aromatic carbocycles. The van der Waals surface area contributed by atoms with Crippen LogP contribution in [0.25, 0.3) is 10.9 Å². The van der Waals surface area contributed by atoms with Gasteiger partial charge in [-0.15, -0.1) is 0 Å². The molecule has 0 saturated heterocycles. The van der Waals surface area contributed by atoms with Gasteiger partial charge in [-0.1, -0.05) is 56.3 Å². The Hall–Kier alpha value is -3.08. The summed E-state index contributed by atoms with van der Waals surface area (Å²) in [5, 5.41) is 3.99. The van der Waals surface area contributed by atoms with E-state index in [1.807, 2.05) is 49.5 Å². The number of fused-ring (bicyclic) bond motifs is 1. The molecule has 3 aromatic rings. The second-order valence-corrected chi connectivity index (χ2v) is 8.15. The van der Waals surface area contributed by atoms with Crippen LogP contribution in [0.2, 0.25) is 0 Å². The van der Waals surface area contributed by atoms with Crippen molar-refractivity contribution in [3.63, 3.8) is 0 Å². The summed E-state index contributed by atoms with van der Waals surface area (Å²) < 4.78 is 5.15. The number of aryl methyl sites for hydroxylation is 1. The quantitative estimate of drug-likeness (QED) is 0.505. The first-order valence-electron chi connectivity index (χ1n) is 10.5. The molecule has 0 radical (unpaired) electrons. The number of H-pyrrole nitrogens is 1. The highest BCUT2D eigenvalue weighted by atomic mass is 16.5. The van der Waals surface area contributed by atoms with Crippen molar-refractivity contribution in [3.8, 4) is 0 Å². The summed E-state index contributed by atoms with van der Waals surface area (Å²) in [7, 11) is 0. The lowest BCUT2D eigenvalue weighted by molar-refractivity contribution is -0.148. The molecule has 0 spiro atoms. The molecule has 1 heterocycles. The molecule has 30 heavy (non-hydrogen) atoms. The van der Waals surface area contributed by atoms with Gasteiger partial charge in [0.25, 0.3) is 5.91 Å². The van der Waals surface area contributed by atoms with E-state index < -0.39 is 0 Å². The minimum atomic E-state index is -0.374. The van der Waals surface area contributed by atoms with Crippen molar-refractivity contribution in [1.82, 2.24) is 10.3 Å². The van der Waals surface area contributed by atoms with Crippen molar-refractivity contribution in [3.05, 3.63) is 71.4 Å². The fraction of sp³-hybridized carbons (Fsp3) is 0.360. The summed E-state index contributed by atoms with van der Waals surface area (Å²) in [6.07, 6.45) is 3.76. The molecule has 0 saturated carbocycles. The molecule has 0 aliphatic carbocycles. The second-order valence-electron chi connectivity index (χ2n) is 8.15. The first-order valence-corrected chi connectivity index (χ1v) is 10.5. The normalized spacial score (nSPS) is 12.1. The van der Waals surface area contributed by atoms with E-state index in [-0.39, 0.29) is 30.9 Å². The zero-order valence-electron chi connectivity index (χ0n) is 17.9. The molecule has 0 unspecified atom stereocenters. The summed E-state index contributed by atoms with van der Waals surface area (Å²) in [5.41, 5.74) is 4.44. The van der Waals surface area contributed by atoms with E-state index >= 15 is 0 Å². The summed E-state index contributed by atoms with van der Waals surface area (Å²) in [5.74, 6) is -0.0612. The number of para-hydroxylation sites is 1. The number of nitrogens with one attached hydrogen (secondary N) is 2. The Bertz CT molecular complexity index is 989. The highest BCUT2D eigenvalue weighted by molar-refractivity contribution is 5.84. The van der Waals surface area contributed by atoms with Crippen LogP contribution in [0, 0.1) is 5.92 Å². The number of hydrogen-bond acceptors (Lipinski definition) is 3. The fourth-order valence-electron chi connectivity index (χ4n) is 3.57. The number of esters is 1. The van der Waals surface area contributed by atoms with E-state index in [0.29, 0.717) is 12.3 Å². The van der Waals surface area contributed by atoms with Crippen LogP contribution in [0.1, 0.15) is 49.9 Å². The Labute approximate surface area is 177 Å². The molecule has 0 fully saturated rings. The Morgan fingerprint density at radius 3 is 2.50 bits per heavy atom. The van der Waals surface area contributed by atoms with E-state index in [2.05, 4.69) is 36.3 Å². The molecule has 5 heteroatoms. The van der Waals surface area contributed by atoms with Crippen molar-refractivity contribution >= 4 is 22.8 Å². The van der Waals surface area contributed by atoms with Crippen LogP contribution in [0.3, 0.4) is 0 Å². The van der Waals surface area contributed by atoms with Crippen LogP contribution >= 0.6 is 0 Å². The number of rotatable bonds is 9. The Balaban J connectivity index is 1.41. The van der Waals surface area contributed by atoms with Crippen molar-refractivity contribution < 1.29 is 14.3 Å². The van der Waals surface area contributed by atoms with Gasteiger partial charge in [-0.05, 0) is 48.4 Å². The first kappa shape index (κ1) is 21.6. The summed E-state index contributed by atoms with van der Waals surface area (Å²) in [6, 6.07) is 16.1. The Kier molecular flexibility index (Phi) is 7.28. The van der Waals surface area contributed by atoms with Crippen molar-refractivity contribution in [2.24, 2.45) is 5.92 Å². The molecule has 5 nitrogen and oxygen atoms in total. The van der Waals surface area contributed by atoms with Gasteiger partial charge in [0, 0.05) is 23.5 Å². The minimum absolute atomic E-state index is 0.143. The van der Waals surface area contributed by atoms with Gasteiger partial charge in [0.05, 0.1) is 6.04 Å². The van der Waals surface area contributed by atoms with Crippen molar-refractivity contribution in [1.29, 1.82) is 0 Å². The third kappa shape index (κ3) is 5.96.